The Bertz CT molecular complexity index is 1480. The second-order valence-corrected chi connectivity index (χ2v) is 9.41. The van der Waals surface area contributed by atoms with Crippen LogP contribution in [0.4, 0.5) is 10.2 Å². The normalized spacial score (nSPS) is 14.7. The molecule has 2 bridgehead atoms. The summed E-state index contributed by atoms with van der Waals surface area (Å²) in [4.78, 5) is 17.1. The van der Waals surface area contributed by atoms with Crippen LogP contribution in [0.2, 0.25) is 0 Å². The predicted molar refractivity (Wildman–Crippen MR) is 128 cm³/mol. The van der Waals surface area contributed by atoms with Crippen molar-refractivity contribution in [2.45, 2.75) is 39.3 Å². The highest BCUT2D eigenvalue weighted by molar-refractivity contribution is 5.95. The number of nitrogens with two attached hydrogens (primary N) is 1. The number of ketones is 1. The molecular formula is C26H25FN6O2. The summed E-state index contributed by atoms with van der Waals surface area (Å²) in [5, 5.41) is 9.46. The second-order valence-electron chi connectivity index (χ2n) is 9.41. The summed E-state index contributed by atoms with van der Waals surface area (Å²) >= 11 is 0. The number of pyridine rings is 1. The molecule has 4 heterocycles. The van der Waals surface area contributed by atoms with Gasteiger partial charge in [0.2, 0.25) is 0 Å². The lowest BCUT2D eigenvalue weighted by Gasteiger charge is -2.16. The first kappa shape index (κ1) is 21.5. The summed E-state index contributed by atoms with van der Waals surface area (Å²) in [7, 11) is 1.85. The number of halogens is 1. The van der Waals surface area contributed by atoms with Gasteiger partial charge in [-0.1, -0.05) is 0 Å². The molecule has 3 aromatic heterocycles. The molecule has 0 atom stereocenters. The first-order chi connectivity index (χ1) is 16.9. The number of carbonyl (C=O) groups is 1. The number of fused-ring (bicyclic) bond motifs is 7. The van der Waals surface area contributed by atoms with Crippen molar-refractivity contribution in [3.05, 3.63) is 64.9 Å². The smallest absolute Gasteiger partial charge is 0.180 e. The van der Waals surface area contributed by atoms with Crippen LogP contribution in [-0.4, -0.2) is 30.3 Å². The van der Waals surface area contributed by atoms with Crippen molar-refractivity contribution >= 4 is 11.6 Å². The fraction of sp³-hybridized carbons (Fsp3) is 0.308. The minimum atomic E-state index is -0.362. The molecule has 6 rings (SSSR count). The molecule has 1 aromatic carbocycles. The topological polar surface area (TPSA) is 101 Å². The van der Waals surface area contributed by atoms with Gasteiger partial charge < -0.3 is 10.5 Å². The molecule has 0 unspecified atom stereocenters. The number of Topliss-reactive ketones (excluding diaryl/α,β-unsaturated/α-hetero) is 1. The Morgan fingerprint density at radius 2 is 2.06 bits per heavy atom. The highest BCUT2D eigenvalue weighted by atomic mass is 19.1. The van der Waals surface area contributed by atoms with Gasteiger partial charge in [0.1, 0.15) is 18.1 Å². The van der Waals surface area contributed by atoms with Crippen LogP contribution in [0.3, 0.4) is 0 Å². The summed E-state index contributed by atoms with van der Waals surface area (Å²) < 4.78 is 24.0. The number of nitrogens with zero attached hydrogens (tertiary/aromatic N) is 5. The highest BCUT2D eigenvalue weighted by Crippen LogP contribution is 2.39. The lowest BCUT2D eigenvalue weighted by Crippen LogP contribution is -2.07. The fourth-order valence-electron chi connectivity index (χ4n) is 4.80. The maximum absolute atomic E-state index is 14.2. The maximum Gasteiger partial charge on any atom is 0.180 e. The Kier molecular flexibility index (Phi) is 4.94. The standard InChI is InChI=1S/C26H25FN6O2/c1-14(34)23-21-8-17-12-32(2)30-24(17)20-6-5-19(27)7-18(20)13-35-22-9-16(10-29-26(22)28)25(21)33(31-23)11-15-3-4-15/h5-7,9-10,12,15H,3-4,8,11,13H2,1-2H3,(H2,28,29). The van der Waals surface area contributed by atoms with Crippen molar-refractivity contribution in [2.24, 2.45) is 13.0 Å². The third kappa shape index (κ3) is 3.86. The van der Waals surface area contributed by atoms with Crippen LogP contribution in [0.5, 0.6) is 5.75 Å². The lowest BCUT2D eigenvalue weighted by molar-refractivity contribution is 0.101. The zero-order valence-electron chi connectivity index (χ0n) is 19.6. The van der Waals surface area contributed by atoms with Crippen LogP contribution >= 0.6 is 0 Å². The molecule has 0 amide bonds. The SMILES string of the molecule is CC(=O)c1nn(CC2CC2)c2c1Cc1cn(C)nc1-c1ccc(F)cc1COc1cc-2cnc1N. The molecule has 9 heteroatoms. The number of rotatable bonds is 3. The molecule has 2 aliphatic rings. The maximum atomic E-state index is 14.2. The average molecular weight is 473 g/mol. The van der Waals surface area contributed by atoms with Crippen LogP contribution in [-0.2, 0) is 26.6 Å². The Morgan fingerprint density at radius 1 is 1.23 bits per heavy atom. The van der Waals surface area contributed by atoms with Gasteiger partial charge >= 0.3 is 0 Å². The third-order valence-electron chi connectivity index (χ3n) is 6.64. The quantitative estimate of drug-likeness (QED) is 0.449. The molecule has 178 valence electrons. The van der Waals surface area contributed by atoms with Crippen LogP contribution < -0.4 is 10.5 Å². The number of aromatic nitrogens is 5. The molecule has 1 fully saturated rings. The zero-order valence-corrected chi connectivity index (χ0v) is 19.6. The van der Waals surface area contributed by atoms with Crippen molar-refractivity contribution in [2.75, 3.05) is 5.73 Å². The molecule has 8 nitrogen and oxygen atoms in total. The highest BCUT2D eigenvalue weighted by Gasteiger charge is 2.29. The van der Waals surface area contributed by atoms with E-state index in [2.05, 4.69) is 4.98 Å². The summed E-state index contributed by atoms with van der Waals surface area (Å²) in [6.07, 6.45) is 6.37. The van der Waals surface area contributed by atoms with Crippen molar-refractivity contribution in [3.63, 3.8) is 0 Å². The van der Waals surface area contributed by atoms with Crippen LogP contribution in [0, 0.1) is 11.7 Å². The summed E-state index contributed by atoms with van der Waals surface area (Å²) in [6.45, 7) is 2.38. The summed E-state index contributed by atoms with van der Waals surface area (Å²) in [5.41, 5.74) is 12.1. The molecule has 0 spiro atoms. The van der Waals surface area contributed by atoms with E-state index in [1.165, 1.54) is 19.1 Å². The second kappa shape index (κ2) is 8.04. The van der Waals surface area contributed by atoms with Crippen molar-refractivity contribution < 1.29 is 13.9 Å². The number of nitrogen functional groups attached to an aromatic ring is 1. The van der Waals surface area contributed by atoms with Gasteiger partial charge in [-0.3, -0.25) is 14.2 Å². The van der Waals surface area contributed by atoms with Gasteiger partial charge in [-0.25, -0.2) is 9.37 Å². The van der Waals surface area contributed by atoms with E-state index in [4.69, 9.17) is 20.7 Å². The van der Waals surface area contributed by atoms with Crippen molar-refractivity contribution in [1.29, 1.82) is 0 Å². The Balaban J connectivity index is 1.63. The van der Waals surface area contributed by atoms with Gasteiger partial charge in [0.05, 0.1) is 11.4 Å². The third-order valence-corrected chi connectivity index (χ3v) is 6.64. The number of aryl methyl sites for hydroxylation is 1. The number of hydrogen-bond acceptors (Lipinski definition) is 6. The molecule has 1 saturated carbocycles. The lowest BCUT2D eigenvalue weighted by atomic mass is 9.95. The monoisotopic (exact) mass is 472 g/mol. The van der Waals surface area contributed by atoms with Gasteiger partial charge in [0.25, 0.3) is 0 Å². The first-order valence-corrected chi connectivity index (χ1v) is 11.7. The molecule has 1 aliphatic heterocycles. The minimum absolute atomic E-state index is 0.101. The van der Waals surface area contributed by atoms with E-state index in [0.29, 0.717) is 29.3 Å². The average Bonchev–Trinajstić information content (AvgIpc) is 3.46. The van der Waals surface area contributed by atoms with Gasteiger partial charge in [-0.15, -0.1) is 0 Å². The van der Waals surface area contributed by atoms with Crippen molar-refractivity contribution in [1.82, 2.24) is 24.5 Å². The molecule has 4 aromatic rings. The van der Waals surface area contributed by atoms with Gasteiger partial charge in [-0.05, 0) is 43.0 Å². The summed E-state index contributed by atoms with van der Waals surface area (Å²) in [5.74, 6) is 0.723. The minimum Gasteiger partial charge on any atom is -0.485 e. The van der Waals surface area contributed by atoms with E-state index in [-0.39, 0.29) is 24.0 Å². The summed E-state index contributed by atoms with van der Waals surface area (Å²) in [6, 6.07) is 6.42. The Morgan fingerprint density at radius 3 is 2.83 bits per heavy atom. The van der Waals surface area contributed by atoms with E-state index in [0.717, 1.165) is 53.0 Å². The molecule has 0 radical (unpaired) electrons. The molecule has 1 aliphatic carbocycles. The van der Waals surface area contributed by atoms with E-state index in [1.807, 2.05) is 24.0 Å². The molecule has 2 N–H and O–H groups in total. The number of ether oxygens (including phenoxy) is 1. The number of carbonyl (C=O) groups excluding carboxylic acids is 1. The number of hydrogen-bond donors (Lipinski definition) is 1. The van der Waals surface area contributed by atoms with Crippen LogP contribution in [0.1, 0.15) is 46.9 Å². The van der Waals surface area contributed by atoms with Gasteiger partial charge in [0, 0.05) is 67.1 Å². The zero-order chi connectivity index (χ0) is 24.3. The van der Waals surface area contributed by atoms with E-state index in [9.17, 15) is 9.18 Å². The van der Waals surface area contributed by atoms with Crippen LogP contribution in [0.25, 0.3) is 22.5 Å². The van der Waals surface area contributed by atoms with E-state index >= 15 is 0 Å². The predicted octanol–water partition coefficient (Wildman–Crippen LogP) is 4.16. The first-order valence-electron chi connectivity index (χ1n) is 11.7. The fourth-order valence-corrected chi connectivity index (χ4v) is 4.80. The number of anilines is 1. The molecule has 0 saturated heterocycles. The Labute approximate surface area is 201 Å². The van der Waals surface area contributed by atoms with Gasteiger partial charge in [-0.2, -0.15) is 10.2 Å². The molecular weight excluding hydrogens is 447 g/mol. The Hall–Kier alpha value is -4.01. The van der Waals surface area contributed by atoms with E-state index < -0.39 is 0 Å². The van der Waals surface area contributed by atoms with Crippen molar-refractivity contribution in [3.8, 4) is 28.3 Å². The van der Waals surface area contributed by atoms with E-state index in [1.54, 1.807) is 16.9 Å². The van der Waals surface area contributed by atoms with Gasteiger partial charge in [0.15, 0.2) is 17.4 Å². The van der Waals surface area contributed by atoms with Crippen LogP contribution in [0.15, 0.2) is 36.7 Å². The molecule has 35 heavy (non-hydrogen) atoms. The number of benzene rings is 1. The largest absolute Gasteiger partial charge is 0.485 e.